The van der Waals surface area contributed by atoms with Crippen LogP contribution in [-0.2, 0) is 6.54 Å². The van der Waals surface area contributed by atoms with Gasteiger partial charge in [-0.3, -0.25) is 4.79 Å². The van der Waals surface area contributed by atoms with Crippen LogP contribution in [0.2, 0.25) is 0 Å². The van der Waals surface area contributed by atoms with Crippen molar-refractivity contribution >= 4 is 22.9 Å². The Labute approximate surface area is 106 Å². The SMILES string of the molecule is CCN(C)c1cnn(CC(C)C(N)=S)c(=O)c1. The fourth-order valence-electron chi connectivity index (χ4n) is 1.30. The predicted octanol–water partition coefficient (Wildman–Crippen LogP) is 0.622. The van der Waals surface area contributed by atoms with Crippen molar-refractivity contribution in [2.45, 2.75) is 20.4 Å². The van der Waals surface area contributed by atoms with Crippen LogP contribution in [0.3, 0.4) is 0 Å². The molecule has 1 heterocycles. The molecule has 1 aromatic heterocycles. The first-order valence-corrected chi connectivity index (χ1v) is 5.94. The minimum absolute atomic E-state index is 0.0371. The van der Waals surface area contributed by atoms with Crippen molar-refractivity contribution < 1.29 is 0 Å². The molecule has 0 aliphatic heterocycles. The van der Waals surface area contributed by atoms with E-state index >= 15 is 0 Å². The fourth-order valence-corrected chi connectivity index (χ4v) is 1.38. The molecular formula is C11H18N4OS. The van der Waals surface area contributed by atoms with Crippen LogP contribution in [0.1, 0.15) is 13.8 Å². The Kier molecular flexibility index (Phi) is 4.62. The van der Waals surface area contributed by atoms with Crippen LogP contribution in [0.4, 0.5) is 5.69 Å². The van der Waals surface area contributed by atoms with E-state index in [1.54, 1.807) is 12.3 Å². The normalized spacial score (nSPS) is 12.2. The lowest BCUT2D eigenvalue weighted by Gasteiger charge is -2.17. The van der Waals surface area contributed by atoms with Crippen LogP contribution in [0.15, 0.2) is 17.1 Å². The summed E-state index contributed by atoms with van der Waals surface area (Å²) in [7, 11) is 1.92. The fraction of sp³-hybridized carbons (Fsp3) is 0.545. The third-order valence-corrected chi connectivity index (χ3v) is 3.11. The maximum atomic E-state index is 11.8. The molecule has 0 aromatic carbocycles. The monoisotopic (exact) mass is 254 g/mol. The van der Waals surface area contributed by atoms with Crippen LogP contribution in [-0.4, -0.2) is 28.4 Å². The van der Waals surface area contributed by atoms with Gasteiger partial charge in [-0.05, 0) is 6.92 Å². The van der Waals surface area contributed by atoms with Gasteiger partial charge in [0.2, 0.25) is 0 Å². The zero-order valence-corrected chi connectivity index (χ0v) is 11.2. The van der Waals surface area contributed by atoms with E-state index in [-0.39, 0.29) is 11.5 Å². The highest BCUT2D eigenvalue weighted by atomic mass is 32.1. The second-order valence-corrected chi connectivity index (χ2v) is 4.52. The summed E-state index contributed by atoms with van der Waals surface area (Å²) in [5.74, 6) is -0.0371. The Morgan fingerprint density at radius 3 is 2.82 bits per heavy atom. The molecule has 1 rings (SSSR count). The summed E-state index contributed by atoms with van der Waals surface area (Å²) < 4.78 is 1.39. The molecule has 0 fully saturated rings. The van der Waals surface area contributed by atoms with E-state index in [1.165, 1.54) is 4.68 Å². The van der Waals surface area contributed by atoms with Gasteiger partial charge in [0.05, 0.1) is 23.4 Å². The largest absolute Gasteiger partial charge is 0.393 e. The van der Waals surface area contributed by atoms with Gasteiger partial charge in [0.25, 0.3) is 5.56 Å². The minimum Gasteiger partial charge on any atom is -0.393 e. The Hall–Kier alpha value is -1.43. The number of hydrogen-bond acceptors (Lipinski definition) is 4. The van der Waals surface area contributed by atoms with E-state index in [9.17, 15) is 4.79 Å². The Bertz CT molecular complexity index is 457. The first-order valence-electron chi connectivity index (χ1n) is 5.53. The summed E-state index contributed by atoms with van der Waals surface area (Å²) >= 11 is 4.87. The molecule has 1 unspecified atom stereocenters. The lowest BCUT2D eigenvalue weighted by atomic mass is 10.2. The molecule has 0 aliphatic rings. The van der Waals surface area contributed by atoms with Crippen molar-refractivity contribution in [2.24, 2.45) is 11.7 Å². The highest BCUT2D eigenvalue weighted by Crippen LogP contribution is 2.06. The second kappa shape index (κ2) is 5.77. The van der Waals surface area contributed by atoms with Gasteiger partial charge >= 0.3 is 0 Å². The molecule has 2 N–H and O–H groups in total. The molecular weight excluding hydrogens is 236 g/mol. The van der Waals surface area contributed by atoms with Crippen LogP contribution in [0.25, 0.3) is 0 Å². The topological polar surface area (TPSA) is 64.2 Å². The van der Waals surface area contributed by atoms with E-state index in [1.807, 2.05) is 25.8 Å². The van der Waals surface area contributed by atoms with Crippen molar-refractivity contribution in [2.75, 3.05) is 18.5 Å². The third kappa shape index (κ3) is 3.52. The first-order chi connectivity index (χ1) is 7.95. The molecule has 0 aliphatic carbocycles. The highest BCUT2D eigenvalue weighted by molar-refractivity contribution is 7.80. The maximum absolute atomic E-state index is 11.8. The van der Waals surface area contributed by atoms with Gasteiger partial charge in [0.15, 0.2) is 0 Å². The number of hydrogen-bond donors (Lipinski definition) is 1. The lowest BCUT2D eigenvalue weighted by molar-refractivity contribution is 0.516. The van der Waals surface area contributed by atoms with E-state index in [0.29, 0.717) is 11.5 Å². The number of thiocarbonyl (C=S) groups is 1. The standard InChI is InChI=1S/C11H18N4OS/c1-4-14(3)9-5-10(16)15(13-6-9)7-8(2)11(12)17/h5-6,8H,4,7H2,1-3H3,(H2,12,17). The van der Waals surface area contributed by atoms with Crippen LogP contribution in [0, 0.1) is 5.92 Å². The second-order valence-electron chi connectivity index (χ2n) is 4.05. The average molecular weight is 254 g/mol. The van der Waals surface area contributed by atoms with E-state index in [0.717, 1.165) is 12.2 Å². The van der Waals surface area contributed by atoms with Gasteiger partial charge in [-0.15, -0.1) is 0 Å². The first kappa shape index (κ1) is 13.6. The number of anilines is 1. The molecule has 0 saturated heterocycles. The molecule has 17 heavy (non-hydrogen) atoms. The van der Waals surface area contributed by atoms with E-state index in [2.05, 4.69) is 5.10 Å². The number of nitrogens with zero attached hydrogens (tertiary/aromatic N) is 3. The Balaban J connectivity index is 2.91. The summed E-state index contributed by atoms with van der Waals surface area (Å²) in [5, 5.41) is 4.12. The van der Waals surface area contributed by atoms with Crippen molar-refractivity contribution in [1.82, 2.24) is 9.78 Å². The Morgan fingerprint density at radius 1 is 1.71 bits per heavy atom. The van der Waals surface area contributed by atoms with Crippen molar-refractivity contribution in [3.63, 3.8) is 0 Å². The summed E-state index contributed by atoms with van der Waals surface area (Å²) in [5.41, 5.74) is 6.20. The number of nitrogens with two attached hydrogens (primary N) is 1. The number of aromatic nitrogens is 2. The molecule has 0 saturated carbocycles. The van der Waals surface area contributed by atoms with E-state index < -0.39 is 0 Å². The van der Waals surface area contributed by atoms with E-state index in [4.69, 9.17) is 18.0 Å². The van der Waals surface area contributed by atoms with Crippen LogP contribution >= 0.6 is 12.2 Å². The molecule has 0 bridgehead atoms. The van der Waals surface area contributed by atoms with Gasteiger partial charge < -0.3 is 10.6 Å². The molecule has 1 atom stereocenters. The third-order valence-electron chi connectivity index (χ3n) is 2.70. The zero-order valence-electron chi connectivity index (χ0n) is 10.4. The summed E-state index contributed by atoms with van der Waals surface area (Å²) in [6.07, 6.45) is 1.68. The molecule has 0 spiro atoms. The smallest absolute Gasteiger partial charge is 0.268 e. The summed E-state index contributed by atoms with van der Waals surface area (Å²) in [6.45, 7) is 5.14. The molecule has 0 amide bonds. The summed E-state index contributed by atoms with van der Waals surface area (Å²) in [6, 6.07) is 1.57. The van der Waals surface area contributed by atoms with Gasteiger partial charge in [-0.1, -0.05) is 19.1 Å². The molecule has 6 heteroatoms. The minimum atomic E-state index is -0.133. The lowest BCUT2D eigenvalue weighted by Crippen LogP contribution is -2.31. The number of rotatable bonds is 5. The van der Waals surface area contributed by atoms with Gasteiger partial charge in [0, 0.05) is 25.6 Å². The predicted molar refractivity (Wildman–Crippen MR) is 73.4 cm³/mol. The van der Waals surface area contributed by atoms with Crippen LogP contribution in [0.5, 0.6) is 0 Å². The van der Waals surface area contributed by atoms with Crippen molar-refractivity contribution in [3.8, 4) is 0 Å². The van der Waals surface area contributed by atoms with Gasteiger partial charge in [0.1, 0.15) is 0 Å². The molecule has 0 radical (unpaired) electrons. The average Bonchev–Trinajstić information content (AvgIpc) is 2.30. The molecule has 94 valence electrons. The highest BCUT2D eigenvalue weighted by Gasteiger charge is 2.09. The maximum Gasteiger partial charge on any atom is 0.268 e. The zero-order chi connectivity index (χ0) is 13.0. The van der Waals surface area contributed by atoms with Crippen molar-refractivity contribution in [3.05, 3.63) is 22.6 Å². The quantitative estimate of drug-likeness (QED) is 0.780. The molecule has 5 nitrogen and oxygen atoms in total. The Morgan fingerprint density at radius 2 is 2.35 bits per heavy atom. The van der Waals surface area contributed by atoms with Gasteiger partial charge in [-0.25, -0.2) is 4.68 Å². The van der Waals surface area contributed by atoms with Crippen LogP contribution < -0.4 is 16.2 Å². The van der Waals surface area contributed by atoms with Gasteiger partial charge in [-0.2, -0.15) is 5.10 Å². The van der Waals surface area contributed by atoms with Crippen molar-refractivity contribution in [1.29, 1.82) is 0 Å². The summed E-state index contributed by atoms with van der Waals surface area (Å²) in [4.78, 5) is 14.2. The molecule has 1 aromatic rings.